The molecule has 0 radical (unpaired) electrons. The van der Waals surface area contributed by atoms with Crippen molar-refractivity contribution in [3.05, 3.63) is 42.1 Å². The number of ether oxygens (including phenoxy) is 2. The molecule has 0 aliphatic heterocycles. The van der Waals surface area contributed by atoms with Crippen molar-refractivity contribution in [2.75, 3.05) is 12.3 Å². The number of hydrogen-bond acceptors (Lipinski definition) is 4. The van der Waals surface area contributed by atoms with Gasteiger partial charge in [-0.3, -0.25) is 0 Å². The van der Waals surface area contributed by atoms with E-state index in [4.69, 9.17) is 15.2 Å². The molecule has 0 spiro atoms. The van der Waals surface area contributed by atoms with E-state index in [1.54, 1.807) is 6.20 Å². The summed E-state index contributed by atoms with van der Waals surface area (Å²) < 4.78 is 11.2. The van der Waals surface area contributed by atoms with Gasteiger partial charge in [0.25, 0.3) is 0 Å². The van der Waals surface area contributed by atoms with Gasteiger partial charge in [-0.2, -0.15) is 0 Å². The normalized spacial score (nSPS) is 10.2. The van der Waals surface area contributed by atoms with Crippen LogP contribution < -0.4 is 15.2 Å². The van der Waals surface area contributed by atoms with Crippen LogP contribution in [0.2, 0.25) is 0 Å². The fraction of sp³-hybridized carbons (Fsp3) is 0.267. The third kappa shape index (κ3) is 3.61. The molecular formula is C15H18N2O2. The number of aryl methyl sites for hydroxylation is 1. The number of benzene rings is 1. The number of pyridine rings is 1. The van der Waals surface area contributed by atoms with Crippen molar-refractivity contribution < 1.29 is 9.47 Å². The Balaban J connectivity index is 2.04. The predicted octanol–water partition coefficient (Wildman–Crippen LogP) is 3.55. The largest absolute Gasteiger partial charge is 0.494 e. The first-order valence-electron chi connectivity index (χ1n) is 6.32. The molecule has 0 fully saturated rings. The Kier molecular flexibility index (Phi) is 4.23. The molecule has 1 heterocycles. The van der Waals surface area contributed by atoms with Crippen molar-refractivity contribution in [3.63, 3.8) is 0 Å². The summed E-state index contributed by atoms with van der Waals surface area (Å²) in [5, 5.41) is 0. The maximum absolute atomic E-state index is 5.71. The molecule has 0 aliphatic carbocycles. The highest BCUT2D eigenvalue weighted by molar-refractivity contribution is 5.46. The maximum Gasteiger partial charge on any atom is 0.219 e. The predicted molar refractivity (Wildman–Crippen MR) is 75.7 cm³/mol. The SMILES string of the molecule is CCCOc1ccc(Oc2cc(C)c(N)cn2)cc1. The summed E-state index contributed by atoms with van der Waals surface area (Å²) in [5.74, 6) is 2.10. The van der Waals surface area contributed by atoms with Crippen molar-refractivity contribution in [3.8, 4) is 17.4 Å². The molecule has 0 unspecified atom stereocenters. The molecule has 19 heavy (non-hydrogen) atoms. The minimum atomic E-state index is 0.536. The van der Waals surface area contributed by atoms with Crippen molar-refractivity contribution in [1.82, 2.24) is 4.98 Å². The second kappa shape index (κ2) is 6.09. The molecule has 0 bridgehead atoms. The van der Waals surface area contributed by atoms with E-state index in [9.17, 15) is 0 Å². The molecule has 2 N–H and O–H groups in total. The first-order valence-corrected chi connectivity index (χ1v) is 6.32. The monoisotopic (exact) mass is 258 g/mol. The van der Waals surface area contributed by atoms with E-state index >= 15 is 0 Å². The fourth-order valence-corrected chi connectivity index (χ4v) is 1.54. The molecule has 2 aromatic rings. The Morgan fingerprint density at radius 3 is 2.47 bits per heavy atom. The van der Waals surface area contributed by atoms with Gasteiger partial charge in [0.05, 0.1) is 18.5 Å². The van der Waals surface area contributed by atoms with Crippen molar-refractivity contribution >= 4 is 5.69 Å². The molecule has 0 saturated heterocycles. The number of nitrogens with two attached hydrogens (primary N) is 1. The Morgan fingerprint density at radius 2 is 1.84 bits per heavy atom. The van der Waals surface area contributed by atoms with Gasteiger partial charge >= 0.3 is 0 Å². The Bertz CT molecular complexity index is 538. The molecule has 2 rings (SSSR count). The van der Waals surface area contributed by atoms with Crippen LogP contribution in [-0.4, -0.2) is 11.6 Å². The Labute approximate surface area is 113 Å². The van der Waals surface area contributed by atoms with Gasteiger partial charge in [-0.15, -0.1) is 0 Å². The summed E-state index contributed by atoms with van der Waals surface area (Å²) in [4.78, 5) is 4.13. The molecule has 4 heteroatoms. The van der Waals surface area contributed by atoms with E-state index in [0.29, 0.717) is 11.6 Å². The fourth-order valence-electron chi connectivity index (χ4n) is 1.54. The number of nitrogens with zero attached hydrogens (tertiary/aromatic N) is 1. The lowest BCUT2D eigenvalue weighted by molar-refractivity contribution is 0.317. The molecular weight excluding hydrogens is 240 g/mol. The van der Waals surface area contributed by atoms with E-state index in [1.165, 1.54) is 0 Å². The van der Waals surface area contributed by atoms with Gasteiger partial charge in [0.2, 0.25) is 5.88 Å². The highest BCUT2D eigenvalue weighted by Gasteiger charge is 2.02. The summed E-state index contributed by atoms with van der Waals surface area (Å²) in [6.45, 7) is 4.72. The third-order valence-corrected chi connectivity index (χ3v) is 2.65. The quantitative estimate of drug-likeness (QED) is 0.891. The average Bonchev–Trinajstić information content (AvgIpc) is 2.42. The van der Waals surface area contributed by atoms with Gasteiger partial charge in [0.1, 0.15) is 11.5 Å². The zero-order valence-electron chi connectivity index (χ0n) is 11.2. The average molecular weight is 258 g/mol. The van der Waals surface area contributed by atoms with Crippen LogP contribution in [0.5, 0.6) is 17.4 Å². The Hall–Kier alpha value is -2.23. The first-order chi connectivity index (χ1) is 9.19. The second-order valence-electron chi connectivity index (χ2n) is 4.30. The third-order valence-electron chi connectivity index (χ3n) is 2.65. The maximum atomic E-state index is 5.71. The molecule has 4 nitrogen and oxygen atoms in total. The minimum absolute atomic E-state index is 0.536. The van der Waals surface area contributed by atoms with Crippen LogP contribution in [0.3, 0.4) is 0 Å². The van der Waals surface area contributed by atoms with Crippen LogP contribution in [0.15, 0.2) is 36.5 Å². The standard InChI is InChI=1S/C15H18N2O2/c1-3-8-18-12-4-6-13(7-5-12)19-15-9-11(2)14(16)10-17-15/h4-7,9-10H,3,8,16H2,1-2H3. The first kappa shape index (κ1) is 13.2. The van der Waals surface area contributed by atoms with E-state index in [-0.39, 0.29) is 0 Å². The van der Waals surface area contributed by atoms with Crippen LogP contribution in [0, 0.1) is 6.92 Å². The number of hydrogen-bond donors (Lipinski definition) is 1. The van der Waals surface area contributed by atoms with Crippen LogP contribution in [0.1, 0.15) is 18.9 Å². The highest BCUT2D eigenvalue weighted by atomic mass is 16.5. The van der Waals surface area contributed by atoms with Crippen molar-refractivity contribution in [1.29, 1.82) is 0 Å². The number of aromatic nitrogens is 1. The number of rotatable bonds is 5. The highest BCUT2D eigenvalue weighted by Crippen LogP contribution is 2.24. The van der Waals surface area contributed by atoms with E-state index in [0.717, 1.165) is 30.1 Å². The van der Waals surface area contributed by atoms with Gasteiger partial charge in [-0.05, 0) is 43.2 Å². The van der Waals surface area contributed by atoms with E-state index in [2.05, 4.69) is 11.9 Å². The van der Waals surface area contributed by atoms with Crippen LogP contribution in [-0.2, 0) is 0 Å². The van der Waals surface area contributed by atoms with Gasteiger partial charge in [-0.1, -0.05) is 6.92 Å². The summed E-state index contributed by atoms with van der Waals surface area (Å²) >= 11 is 0. The molecule has 0 saturated carbocycles. The molecule has 1 aromatic heterocycles. The zero-order chi connectivity index (χ0) is 13.7. The number of nitrogen functional groups attached to an aromatic ring is 1. The summed E-state index contributed by atoms with van der Waals surface area (Å²) in [6, 6.07) is 9.30. The van der Waals surface area contributed by atoms with Crippen molar-refractivity contribution in [2.24, 2.45) is 0 Å². The van der Waals surface area contributed by atoms with Crippen LogP contribution in [0.4, 0.5) is 5.69 Å². The molecule has 1 aromatic carbocycles. The van der Waals surface area contributed by atoms with Gasteiger partial charge in [-0.25, -0.2) is 4.98 Å². The smallest absolute Gasteiger partial charge is 0.219 e. The summed E-state index contributed by atoms with van der Waals surface area (Å²) in [5.41, 5.74) is 7.33. The van der Waals surface area contributed by atoms with Crippen LogP contribution >= 0.6 is 0 Å². The van der Waals surface area contributed by atoms with Gasteiger partial charge < -0.3 is 15.2 Å². The Morgan fingerprint density at radius 1 is 1.16 bits per heavy atom. The van der Waals surface area contributed by atoms with Crippen LogP contribution in [0.25, 0.3) is 0 Å². The molecule has 100 valence electrons. The van der Waals surface area contributed by atoms with E-state index < -0.39 is 0 Å². The topological polar surface area (TPSA) is 57.4 Å². The van der Waals surface area contributed by atoms with Gasteiger partial charge in [0.15, 0.2) is 0 Å². The number of anilines is 1. The molecule has 0 aliphatic rings. The zero-order valence-corrected chi connectivity index (χ0v) is 11.2. The lowest BCUT2D eigenvalue weighted by Gasteiger charge is -2.08. The minimum Gasteiger partial charge on any atom is -0.494 e. The molecule has 0 amide bonds. The van der Waals surface area contributed by atoms with Crippen molar-refractivity contribution in [2.45, 2.75) is 20.3 Å². The van der Waals surface area contributed by atoms with Gasteiger partial charge in [0, 0.05) is 6.07 Å². The lowest BCUT2D eigenvalue weighted by Crippen LogP contribution is -1.95. The second-order valence-corrected chi connectivity index (χ2v) is 4.30. The molecule has 0 atom stereocenters. The summed E-state index contributed by atoms with van der Waals surface area (Å²) in [7, 11) is 0. The van der Waals surface area contributed by atoms with E-state index in [1.807, 2.05) is 37.3 Å². The summed E-state index contributed by atoms with van der Waals surface area (Å²) in [6.07, 6.45) is 2.59. The lowest BCUT2D eigenvalue weighted by atomic mass is 10.2.